The third-order valence-electron chi connectivity index (χ3n) is 2.17. The second-order valence-electron chi connectivity index (χ2n) is 4.02. The Morgan fingerprint density at radius 1 is 1.53 bits per heavy atom. The van der Waals surface area contributed by atoms with Crippen molar-refractivity contribution in [2.75, 3.05) is 32.8 Å². The second kappa shape index (κ2) is 5.15. The van der Waals surface area contributed by atoms with Crippen molar-refractivity contribution in [2.24, 2.45) is 0 Å². The molecule has 0 unspecified atom stereocenters. The number of hydrogen-bond acceptors (Lipinski definition) is 4. The average molecular weight is 211 g/mol. The van der Waals surface area contributed by atoms with Gasteiger partial charge in [0.25, 0.3) is 0 Å². The smallest absolute Gasteiger partial charge is 0.321 e. The van der Waals surface area contributed by atoms with Crippen LogP contribution in [-0.2, 0) is 14.3 Å². The number of nitrogens with zero attached hydrogens (tertiary/aromatic N) is 1. The first-order valence-electron chi connectivity index (χ1n) is 5.03. The van der Waals surface area contributed by atoms with Crippen LogP contribution in [0.4, 0.5) is 0 Å². The molecule has 0 N–H and O–H groups in total. The van der Waals surface area contributed by atoms with Crippen LogP contribution in [0.15, 0.2) is 0 Å². The van der Waals surface area contributed by atoms with Crippen molar-refractivity contribution in [3.8, 4) is 12.3 Å². The highest BCUT2D eigenvalue weighted by Crippen LogP contribution is 2.08. The molecule has 0 aromatic carbocycles. The van der Waals surface area contributed by atoms with Crippen LogP contribution in [0.3, 0.4) is 0 Å². The van der Waals surface area contributed by atoms with E-state index in [0.29, 0.717) is 13.2 Å². The molecule has 15 heavy (non-hydrogen) atoms. The van der Waals surface area contributed by atoms with Crippen molar-refractivity contribution >= 4 is 5.97 Å². The van der Waals surface area contributed by atoms with Crippen LogP contribution < -0.4 is 0 Å². The van der Waals surface area contributed by atoms with E-state index in [2.05, 4.69) is 5.92 Å². The van der Waals surface area contributed by atoms with Gasteiger partial charge >= 0.3 is 5.97 Å². The standard InChI is InChI=1S/C11H17NO3/c1-4-11(2,3)15-10(13)9-12-5-7-14-8-6-12/h1H,5-9H2,2-3H3. The van der Waals surface area contributed by atoms with E-state index in [1.807, 2.05) is 4.90 Å². The predicted molar refractivity (Wildman–Crippen MR) is 56.3 cm³/mol. The van der Waals surface area contributed by atoms with Gasteiger partial charge in [-0.25, -0.2) is 0 Å². The van der Waals surface area contributed by atoms with E-state index in [0.717, 1.165) is 13.1 Å². The Morgan fingerprint density at radius 3 is 2.67 bits per heavy atom. The molecule has 0 aromatic rings. The maximum absolute atomic E-state index is 11.5. The minimum absolute atomic E-state index is 0.278. The number of hydrogen-bond donors (Lipinski definition) is 0. The van der Waals surface area contributed by atoms with Crippen LogP contribution in [-0.4, -0.2) is 49.3 Å². The Balaban J connectivity index is 2.32. The van der Waals surface area contributed by atoms with Gasteiger partial charge in [0.15, 0.2) is 5.60 Å². The minimum atomic E-state index is -0.816. The molecule has 1 aliphatic heterocycles. The minimum Gasteiger partial charge on any atom is -0.445 e. The van der Waals surface area contributed by atoms with E-state index in [9.17, 15) is 4.79 Å². The molecule has 1 saturated heterocycles. The Morgan fingerprint density at radius 2 is 2.13 bits per heavy atom. The normalized spacial score (nSPS) is 18.2. The zero-order valence-electron chi connectivity index (χ0n) is 9.28. The van der Waals surface area contributed by atoms with Gasteiger partial charge in [0.2, 0.25) is 0 Å². The molecular formula is C11H17NO3. The summed E-state index contributed by atoms with van der Waals surface area (Å²) in [6.07, 6.45) is 5.23. The molecule has 4 heteroatoms. The summed E-state index contributed by atoms with van der Waals surface area (Å²) in [5.41, 5.74) is -0.816. The highest BCUT2D eigenvalue weighted by molar-refractivity contribution is 5.72. The predicted octanol–water partition coefficient (Wildman–Crippen LogP) is 0.274. The van der Waals surface area contributed by atoms with Crippen molar-refractivity contribution in [2.45, 2.75) is 19.4 Å². The fourth-order valence-electron chi connectivity index (χ4n) is 1.29. The zero-order chi connectivity index (χ0) is 11.3. The van der Waals surface area contributed by atoms with Crippen LogP contribution in [0, 0.1) is 12.3 Å². The van der Waals surface area contributed by atoms with Gasteiger partial charge in [0, 0.05) is 13.1 Å². The van der Waals surface area contributed by atoms with E-state index in [1.54, 1.807) is 13.8 Å². The van der Waals surface area contributed by atoms with Crippen LogP contribution in [0.25, 0.3) is 0 Å². The van der Waals surface area contributed by atoms with Crippen molar-refractivity contribution in [1.29, 1.82) is 0 Å². The Bertz CT molecular complexity index is 261. The van der Waals surface area contributed by atoms with Gasteiger partial charge in [-0.2, -0.15) is 0 Å². The quantitative estimate of drug-likeness (QED) is 0.496. The molecule has 4 nitrogen and oxygen atoms in total. The first kappa shape index (κ1) is 12.0. The van der Waals surface area contributed by atoms with Gasteiger partial charge in [-0.3, -0.25) is 9.69 Å². The molecule has 84 valence electrons. The van der Waals surface area contributed by atoms with Crippen LogP contribution in [0.2, 0.25) is 0 Å². The summed E-state index contributed by atoms with van der Waals surface area (Å²) in [7, 11) is 0. The van der Waals surface area contributed by atoms with Gasteiger partial charge in [-0.05, 0) is 13.8 Å². The summed E-state index contributed by atoms with van der Waals surface area (Å²) >= 11 is 0. The monoisotopic (exact) mass is 211 g/mol. The summed E-state index contributed by atoms with van der Waals surface area (Å²) in [5, 5.41) is 0. The molecule has 1 aliphatic rings. The van der Waals surface area contributed by atoms with Crippen molar-refractivity contribution in [1.82, 2.24) is 4.90 Å². The molecule has 0 amide bonds. The molecule has 0 bridgehead atoms. The van der Waals surface area contributed by atoms with Gasteiger partial charge in [-0.1, -0.05) is 5.92 Å². The third-order valence-corrected chi connectivity index (χ3v) is 2.17. The van der Waals surface area contributed by atoms with Gasteiger partial charge < -0.3 is 9.47 Å². The summed E-state index contributed by atoms with van der Waals surface area (Å²) in [5.74, 6) is 2.15. The molecule has 0 aliphatic carbocycles. The van der Waals surface area contributed by atoms with E-state index in [-0.39, 0.29) is 12.5 Å². The first-order valence-corrected chi connectivity index (χ1v) is 5.03. The second-order valence-corrected chi connectivity index (χ2v) is 4.02. The Kier molecular flexibility index (Phi) is 4.13. The molecular weight excluding hydrogens is 194 g/mol. The van der Waals surface area contributed by atoms with E-state index in [1.165, 1.54) is 0 Å². The molecule has 0 atom stereocenters. The average Bonchev–Trinajstić information content (AvgIpc) is 2.18. The fourth-order valence-corrected chi connectivity index (χ4v) is 1.29. The highest BCUT2D eigenvalue weighted by atomic mass is 16.6. The number of carbonyl (C=O) groups is 1. The largest absolute Gasteiger partial charge is 0.445 e. The lowest BCUT2D eigenvalue weighted by Gasteiger charge is -2.27. The first-order chi connectivity index (χ1) is 7.03. The van der Waals surface area contributed by atoms with Crippen LogP contribution in [0.5, 0.6) is 0 Å². The summed E-state index contributed by atoms with van der Waals surface area (Å²) < 4.78 is 10.3. The Hall–Kier alpha value is -1.05. The maximum atomic E-state index is 11.5. The number of rotatable bonds is 3. The number of esters is 1. The molecule has 1 fully saturated rings. The van der Waals surface area contributed by atoms with Gasteiger partial charge in [0.1, 0.15) is 0 Å². The van der Waals surface area contributed by atoms with E-state index < -0.39 is 5.60 Å². The highest BCUT2D eigenvalue weighted by Gasteiger charge is 2.22. The topological polar surface area (TPSA) is 38.8 Å². The molecule has 1 heterocycles. The van der Waals surface area contributed by atoms with E-state index in [4.69, 9.17) is 15.9 Å². The number of morpholine rings is 1. The summed E-state index contributed by atoms with van der Waals surface area (Å²) in [6, 6.07) is 0. The van der Waals surface area contributed by atoms with Gasteiger partial charge in [-0.15, -0.1) is 6.42 Å². The number of ether oxygens (including phenoxy) is 2. The van der Waals surface area contributed by atoms with Crippen LogP contribution >= 0.6 is 0 Å². The van der Waals surface area contributed by atoms with Gasteiger partial charge in [0.05, 0.1) is 19.8 Å². The molecule has 0 saturated carbocycles. The SMILES string of the molecule is C#CC(C)(C)OC(=O)CN1CCOCC1. The van der Waals surface area contributed by atoms with Crippen molar-refractivity contribution in [3.05, 3.63) is 0 Å². The number of terminal acetylenes is 1. The third kappa shape index (κ3) is 4.32. The maximum Gasteiger partial charge on any atom is 0.321 e. The van der Waals surface area contributed by atoms with Crippen molar-refractivity contribution < 1.29 is 14.3 Å². The van der Waals surface area contributed by atoms with Crippen LogP contribution in [0.1, 0.15) is 13.8 Å². The Labute approximate surface area is 90.5 Å². The van der Waals surface area contributed by atoms with E-state index >= 15 is 0 Å². The lowest BCUT2D eigenvalue weighted by Crippen LogP contribution is -2.41. The molecule has 0 aromatic heterocycles. The summed E-state index contributed by atoms with van der Waals surface area (Å²) in [6.45, 7) is 6.57. The van der Waals surface area contributed by atoms with Crippen molar-refractivity contribution in [3.63, 3.8) is 0 Å². The summed E-state index contributed by atoms with van der Waals surface area (Å²) in [4.78, 5) is 13.5. The molecule has 0 radical (unpaired) electrons. The fraction of sp³-hybridized carbons (Fsp3) is 0.727. The number of carbonyl (C=O) groups excluding carboxylic acids is 1. The molecule has 0 spiro atoms. The lowest BCUT2D eigenvalue weighted by atomic mass is 10.1. The lowest BCUT2D eigenvalue weighted by molar-refractivity contribution is -0.154. The molecule has 1 rings (SSSR count). The zero-order valence-corrected chi connectivity index (χ0v) is 9.28.